The molecule has 0 bridgehead atoms. The minimum atomic E-state index is -1.04. The van der Waals surface area contributed by atoms with Gasteiger partial charge < -0.3 is 15.6 Å². The maximum atomic E-state index is 10.1. The summed E-state index contributed by atoms with van der Waals surface area (Å²) < 4.78 is 4.67. The van der Waals surface area contributed by atoms with Crippen molar-refractivity contribution >= 4 is 5.97 Å². The standard InChI is InChI=1S/C5H11NO3/c1-3(9-2)4(6)5(7)8/h3-4H,6H2,1-2H3,(H,7,8). The summed E-state index contributed by atoms with van der Waals surface area (Å²) >= 11 is 0. The van der Waals surface area contributed by atoms with E-state index in [1.54, 1.807) is 6.92 Å². The smallest absolute Gasteiger partial charge is 0.323 e. The lowest BCUT2D eigenvalue weighted by molar-refractivity contribution is -0.141. The third-order valence-electron chi connectivity index (χ3n) is 1.16. The fraction of sp³-hybridized carbons (Fsp3) is 0.800. The molecule has 0 saturated carbocycles. The van der Waals surface area contributed by atoms with E-state index in [0.717, 1.165) is 0 Å². The Kier molecular flexibility index (Phi) is 3.19. The molecule has 9 heavy (non-hydrogen) atoms. The summed E-state index contributed by atoms with van der Waals surface area (Å²) in [5, 5.41) is 8.28. The first kappa shape index (κ1) is 8.39. The molecule has 54 valence electrons. The Balaban J connectivity index is 3.72. The number of ether oxygens (including phenoxy) is 1. The number of aliphatic carboxylic acids is 1. The number of nitrogens with two attached hydrogens (primary N) is 1. The van der Waals surface area contributed by atoms with Crippen LogP contribution in [-0.2, 0) is 9.53 Å². The number of rotatable bonds is 3. The minimum Gasteiger partial charge on any atom is -0.480 e. The van der Waals surface area contributed by atoms with Crippen molar-refractivity contribution in [3.8, 4) is 0 Å². The Labute approximate surface area is 53.6 Å². The number of carboxylic acid groups (broad SMARTS) is 1. The predicted octanol–water partition coefficient (Wildman–Crippen LogP) is -0.567. The highest BCUT2D eigenvalue weighted by Gasteiger charge is 2.18. The van der Waals surface area contributed by atoms with Gasteiger partial charge in [0, 0.05) is 7.11 Å². The zero-order valence-electron chi connectivity index (χ0n) is 5.50. The van der Waals surface area contributed by atoms with E-state index in [-0.39, 0.29) is 0 Å². The van der Waals surface area contributed by atoms with E-state index in [4.69, 9.17) is 10.8 Å². The average Bonchev–Trinajstić information content (AvgIpc) is 1.84. The van der Waals surface area contributed by atoms with Crippen molar-refractivity contribution in [3.63, 3.8) is 0 Å². The molecule has 0 aromatic rings. The van der Waals surface area contributed by atoms with Crippen molar-refractivity contribution in [2.75, 3.05) is 7.11 Å². The third-order valence-corrected chi connectivity index (χ3v) is 1.16. The molecule has 0 aromatic heterocycles. The van der Waals surface area contributed by atoms with Crippen molar-refractivity contribution < 1.29 is 14.6 Å². The molecule has 2 atom stereocenters. The van der Waals surface area contributed by atoms with Gasteiger partial charge >= 0.3 is 5.97 Å². The van der Waals surface area contributed by atoms with E-state index >= 15 is 0 Å². The highest BCUT2D eigenvalue weighted by atomic mass is 16.5. The van der Waals surface area contributed by atoms with Gasteiger partial charge in [-0.15, -0.1) is 0 Å². The molecule has 4 nitrogen and oxygen atoms in total. The summed E-state index contributed by atoms with van der Waals surface area (Å²) in [6.07, 6.45) is -0.428. The zero-order chi connectivity index (χ0) is 7.44. The molecule has 0 amide bonds. The number of hydrogen-bond acceptors (Lipinski definition) is 3. The molecule has 0 aliphatic heterocycles. The van der Waals surface area contributed by atoms with Crippen LogP contribution in [0.4, 0.5) is 0 Å². The second kappa shape index (κ2) is 3.42. The SMILES string of the molecule is COC(C)C(N)C(=O)O. The van der Waals surface area contributed by atoms with Crippen molar-refractivity contribution in [2.45, 2.75) is 19.1 Å². The Morgan fingerprint density at radius 3 is 2.33 bits per heavy atom. The van der Waals surface area contributed by atoms with Crippen LogP contribution in [0.1, 0.15) is 6.92 Å². The highest BCUT2D eigenvalue weighted by Crippen LogP contribution is 1.92. The molecule has 0 rings (SSSR count). The van der Waals surface area contributed by atoms with Crippen LogP contribution >= 0.6 is 0 Å². The first-order chi connectivity index (χ1) is 4.09. The molecular formula is C5H11NO3. The number of hydrogen-bond donors (Lipinski definition) is 2. The fourth-order valence-corrected chi connectivity index (χ4v) is 0.347. The van der Waals surface area contributed by atoms with Crippen LogP contribution in [0.3, 0.4) is 0 Å². The lowest BCUT2D eigenvalue weighted by Crippen LogP contribution is -2.40. The Hall–Kier alpha value is -0.610. The van der Waals surface area contributed by atoms with Gasteiger partial charge in [0.1, 0.15) is 6.04 Å². The molecule has 0 radical (unpaired) electrons. The molecule has 0 fully saturated rings. The van der Waals surface area contributed by atoms with Gasteiger partial charge in [0.25, 0.3) is 0 Å². The topological polar surface area (TPSA) is 72.5 Å². The number of carboxylic acids is 1. The molecule has 0 aliphatic carbocycles. The minimum absolute atomic E-state index is 0.428. The average molecular weight is 133 g/mol. The Morgan fingerprint density at radius 2 is 2.22 bits per heavy atom. The van der Waals surface area contributed by atoms with E-state index in [0.29, 0.717) is 0 Å². The van der Waals surface area contributed by atoms with E-state index in [1.165, 1.54) is 7.11 Å². The van der Waals surface area contributed by atoms with Gasteiger partial charge in [0.05, 0.1) is 6.10 Å². The van der Waals surface area contributed by atoms with Gasteiger partial charge in [-0.25, -0.2) is 0 Å². The molecule has 3 N–H and O–H groups in total. The first-order valence-corrected chi connectivity index (χ1v) is 2.60. The summed E-state index contributed by atoms with van der Waals surface area (Å²) in [6.45, 7) is 1.61. The van der Waals surface area contributed by atoms with Crippen LogP contribution < -0.4 is 5.73 Å². The summed E-state index contributed by atoms with van der Waals surface area (Å²) in [7, 11) is 1.42. The summed E-state index contributed by atoms with van der Waals surface area (Å²) in [5.41, 5.74) is 5.15. The quantitative estimate of drug-likeness (QED) is 0.541. The van der Waals surface area contributed by atoms with Crippen LogP contribution in [0.25, 0.3) is 0 Å². The third kappa shape index (κ3) is 2.43. The van der Waals surface area contributed by atoms with Gasteiger partial charge in [-0.3, -0.25) is 4.79 Å². The lowest BCUT2D eigenvalue weighted by Gasteiger charge is -2.12. The van der Waals surface area contributed by atoms with Crippen molar-refractivity contribution in [2.24, 2.45) is 5.73 Å². The summed E-state index contributed by atoms with van der Waals surface area (Å²) in [4.78, 5) is 10.1. The molecule has 0 spiro atoms. The van der Waals surface area contributed by atoms with Gasteiger partial charge in [-0.05, 0) is 6.92 Å². The molecule has 2 unspecified atom stereocenters. The number of methoxy groups -OCH3 is 1. The Bertz CT molecular complexity index is 104. The van der Waals surface area contributed by atoms with Crippen LogP contribution in [0, 0.1) is 0 Å². The van der Waals surface area contributed by atoms with Gasteiger partial charge in [-0.2, -0.15) is 0 Å². The van der Waals surface area contributed by atoms with Gasteiger partial charge in [0.15, 0.2) is 0 Å². The second-order valence-electron chi connectivity index (χ2n) is 1.80. The van der Waals surface area contributed by atoms with E-state index in [2.05, 4.69) is 4.74 Å². The van der Waals surface area contributed by atoms with E-state index < -0.39 is 18.1 Å². The van der Waals surface area contributed by atoms with Crippen LogP contribution in [0.2, 0.25) is 0 Å². The highest BCUT2D eigenvalue weighted by molar-refractivity contribution is 5.73. The largest absolute Gasteiger partial charge is 0.480 e. The van der Waals surface area contributed by atoms with Gasteiger partial charge in [-0.1, -0.05) is 0 Å². The summed E-state index contributed by atoms with van der Waals surface area (Å²) in [5.74, 6) is -1.04. The molecule has 0 aromatic carbocycles. The van der Waals surface area contributed by atoms with Crippen LogP contribution in [0.5, 0.6) is 0 Å². The molecule has 0 saturated heterocycles. The van der Waals surface area contributed by atoms with Crippen molar-refractivity contribution in [1.82, 2.24) is 0 Å². The van der Waals surface area contributed by atoms with Crippen molar-refractivity contribution in [1.29, 1.82) is 0 Å². The van der Waals surface area contributed by atoms with Crippen LogP contribution in [-0.4, -0.2) is 30.3 Å². The normalized spacial score (nSPS) is 16.8. The molecule has 0 heterocycles. The maximum Gasteiger partial charge on any atom is 0.323 e. The molecule has 4 heteroatoms. The van der Waals surface area contributed by atoms with Gasteiger partial charge in [0.2, 0.25) is 0 Å². The Morgan fingerprint density at radius 1 is 1.78 bits per heavy atom. The fourth-order valence-electron chi connectivity index (χ4n) is 0.347. The molecule has 0 aliphatic rings. The number of carbonyl (C=O) groups is 1. The molecular weight excluding hydrogens is 122 g/mol. The monoisotopic (exact) mass is 133 g/mol. The van der Waals surface area contributed by atoms with E-state index in [1.807, 2.05) is 0 Å². The lowest BCUT2D eigenvalue weighted by atomic mass is 10.2. The predicted molar refractivity (Wildman–Crippen MR) is 32.1 cm³/mol. The van der Waals surface area contributed by atoms with Crippen molar-refractivity contribution in [3.05, 3.63) is 0 Å². The van der Waals surface area contributed by atoms with E-state index in [9.17, 15) is 4.79 Å². The maximum absolute atomic E-state index is 10.1. The first-order valence-electron chi connectivity index (χ1n) is 2.60. The second-order valence-corrected chi connectivity index (χ2v) is 1.80. The summed E-state index contributed by atoms with van der Waals surface area (Å²) in [6, 6.07) is -0.921. The van der Waals surface area contributed by atoms with Crippen LogP contribution in [0.15, 0.2) is 0 Å². The zero-order valence-corrected chi connectivity index (χ0v) is 5.50.